The molecular weight excluding hydrogens is 228 g/mol. The van der Waals surface area contributed by atoms with Gasteiger partial charge in [-0.05, 0) is 25.7 Å². The molecule has 0 atom stereocenters. The van der Waals surface area contributed by atoms with Gasteiger partial charge in [-0.25, -0.2) is 9.97 Å². The van der Waals surface area contributed by atoms with Gasteiger partial charge in [-0.2, -0.15) is 0 Å². The molecule has 0 aliphatic carbocycles. The van der Waals surface area contributed by atoms with Gasteiger partial charge in [-0.1, -0.05) is 13.8 Å². The van der Waals surface area contributed by atoms with Crippen molar-refractivity contribution in [2.24, 2.45) is 0 Å². The maximum atomic E-state index is 9.99. The summed E-state index contributed by atoms with van der Waals surface area (Å²) in [5.74, 6) is 1.78. The molecule has 1 aromatic heterocycles. The van der Waals surface area contributed by atoms with E-state index in [0.717, 1.165) is 37.3 Å². The number of hydrogen-bond acceptors (Lipinski definition) is 5. The summed E-state index contributed by atoms with van der Waals surface area (Å²) >= 11 is 0. The molecular formula is C13H22N4O. The SMILES string of the molecule is CC(C)c1c(N)ncnc1N1CCC(C)(O)CC1. The van der Waals surface area contributed by atoms with Crippen molar-refractivity contribution in [3.63, 3.8) is 0 Å². The Morgan fingerprint density at radius 1 is 1.33 bits per heavy atom. The van der Waals surface area contributed by atoms with Gasteiger partial charge in [0.25, 0.3) is 0 Å². The molecule has 0 amide bonds. The smallest absolute Gasteiger partial charge is 0.137 e. The molecule has 3 N–H and O–H groups in total. The lowest BCUT2D eigenvalue weighted by atomic mass is 9.93. The number of anilines is 2. The second-order valence-corrected chi connectivity index (χ2v) is 5.63. The second-order valence-electron chi connectivity index (χ2n) is 5.63. The topological polar surface area (TPSA) is 75.3 Å². The summed E-state index contributed by atoms with van der Waals surface area (Å²) in [5.41, 5.74) is 6.42. The van der Waals surface area contributed by atoms with Crippen molar-refractivity contribution in [2.75, 3.05) is 23.7 Å². The van der Waals surface area contributed by atoms with Crippen molar-refractivity contribution in [1.29, 1.82) is 0 Å². The number of nitrogens with two attached hydrogens (primary N) is 1. The Morgan fingerprint density at radius 3 is 2.50 bits per heavy atom. The number of aliphatic hydroxyl groups is 1. The van der Waals surface area contributed by atoms with Gasteiger partial charge < -0.3 is 15.7 Å². The number of nitrogens with zero attached hydrogens (tertiary/aromatic N) is 3. The van der Waals surface area contributed by atoms with Crippen LogP contribution in [0.5, 0.6) is 0 Å². The molecule has 0 spiro atoms. The zero-order valence-electron chi connectivity index (χ0n) is 11.3. The zero-order chi connectivity index (χ0) is 13.3. The van der Waals surface area contributed by atoms with Crippen molar-refractivity contribution >= 4 is 11.6 Å². The minimum Gasteiger partial charge on any atom is -0.390 e. The standard InChI is InChI=1S/C13H22N4O/c1-9(2)10-11(14)15-8-16-12(10)17-6-4-13(3,18)5-7-17/h8-9,18H,4-7H2,1-3H3,(H2,14,15,16). The van der Waals surface area contributed by atoms with Gasteiger partial charge in [-0.15, -0.1) is 0 Å². The lowest BCUT2D eigenvalue weighted by Crippen LogP contribution is -2.43. The fraction of sp³-hybridized carbons (Fsp3) is 0.692. The molecule has 0 aromatic carbocycles. The first-order valence-corrected chi connectivity index (χ1v) is 6.48. The fourth-order valence-corrected chi connectivity index (χ4v) is 2.41. The van der Waals surface area contributed by atoms with E-state index < -0.39 is 5.60 Å². The lowest BCUT2D eigenvalue weighted by Gasteiger charge is -2.37. The van der Waals surface area contributed by atoms with E-state index in [1.54, 1.807) is 0 Å². The first-order valence-electron chi connectivity index (χ1n) is 6.48. The van der Waals surface area contributed by atoms with Crippen LogP contribution in [0.4, 0.5) is 11.6 Å². The maximum Gasteiger partial charge on any atom is 0.137 e. The Bertz CT molecular complexity index is 421. The van der Waals surface area contributed by atoms with E-state index in [1.165, 1.54) is 6.33 Å². The van der Waals surface area contributed by atoms with Crippen LogP contribution in [0.15, 0.2) is 6.33 Å². The first-order chi connectivity index (χ1) is 8.41. The van der Waals surface area contributed by atoms with Gasteiger partial charge in [0.2, 0.25) is 0 Å². The summed E-state index contributed by atoms with van der Waals surface area (Å²) in [6, 6.07) is 0. The zero-order valence-corrected chi connectivity index (χ0v) is 11.3. The Hall–Kier alpha value is -1.36. The minimum absolute atomic E-state index is 0.295. The average Bonchev–Trinajstić information content (AvgIpc) is 2.28. The molecule has 2 rings (SSSR count). The van der Waals surface area contributed by atoms with Gasteiger partial charge in [0.05, 0.1) is 5.60 Å². The summed E-state index contributed by atoms with van der Waals surface area (Å²) < 4.78 is 0. The highest BCUT2D eigenvalue weighted by Crippen LogP contribution is 2.32. The van der Waals surface area contributed by atoms with Crippen molar-refractivity contribution < 1.29 is 5.11 Å². The molecule has 0 bridgehead atoms. The molecule has 5 nitrogen and oxygen atoms in total. The first kappa shape index (κ1) is 13.1. The number of hydrogen-bond donors (Lipinski definition) is 2. The molecule has 1 fully saturated rings. The van der Waals surface area contributed by atoms with Crippen LogP contribution in [-0.4, -0.2) is 33.8 Å². The van der Waals surface area contributed by atoms with Crippen molar-refractivity contribution in [3.05, 3.63) is 11.9 Å². The Morgan fingerprint density at radius 2 is 1.94 bits per heavy atom. The number of nitrogen functional groups attached to an aromatic ring is 1. The molecule has 0 unspecified atom stereocenters. The predicted octanol–water partition coefficient (Wildman–Crippen LogP) is 1.53. The van der Waals surface area contributed by atoms with Crippen LogP contribution in [0.2, 0.25) is 0 Å². The van der Waals surface area contributed by atoms with Gasteiger partial charge in [0.1, 0.15) is 18.0 Å². The van der Waals surface area contributed by atoms with Crippen LogP contribution in [0.25, 0.3) is 0 Å². The summed E-state index contributed by atoms with van der Waals surface area (Å²) in [7, 11) is 0. The molecule has 1 aromatic rings. The van der Waals surface area contributed by atoms with E-state index in [0.29, 0.717) is 11.7 Å². The second kappa shape index (κ2) is 4.72. The highest BCUT2D eigenvalue weighted by atomic mass is 16.3. The van der Waals surface area contributed by atoms with Crippen LogP contribution in [0.1, 0.15) is 45.1 Å². The average molecular weight is 250 g/mol. The molecule has 18 heavy (non-hydrogen) atoms. The third-order valence-corrected chi connectivity index (χ3v) is 3.61. The van der Waals surface area contributed by atoms with Crippen LogP contribution in [0.3, 0.4) is 0 Å². The molecule has 1 aliphatic heterocycles. The molecule has 1 saturated heterocycles. The monoisotopic (exact) mass is 250 g/mol. The summed E-state index contributed by atoms with van der Waals surface area (Å²) in [5, 5.41) is 9.99. The molecule has 0 saturated carbocycles. The summed E-state index contributed by atoms with van der Waals surface area (Å²) in [6.45, 7) is 7.70. The van der Waals surface area contributed by atoms with Gasteiger partial charge in [0.15, 0.2) is 0 Å². The van der Waals surface area contributed by atoms with Gasteiger partial charge >= 0.3 is 0 Å². The van der Waals surface area contributed by atoms with Gasteiger partial charge in [-0.3, -0.25) is 0 Å². The molecule has 2 heterocycles. The maximum absolute atomic E-state index is 9.99. The number of rotatable bonds is 2. The third kappa shape index (κ3) is 2.56. The molecule has 100 valence electrons. The third-order valence-electron chi connectivity index (χ3n) is 3.61. The van der Waals surface area contributed by atoms with E-state index in [-0.39, 0.29) is 0 Å². The van der Waals surface area contributed by atoms with Crippen molar-refractivity contribution in [3.8, 4) is 0 Å². The normalized spacial score (nSPS) is 19.3. The van der Waals surface area contributed by atoms with Crippen molar-refractivity contribution in [1.82, 2.24) is 9.97 Å². The summed E-state index contributed by atoms with van der Waals surface area (Å²) in [6.07, 6.45) is 3.03. The molecule has 1 aliphatic rings. The van der Waals surface area contributed by atoms with Crippen LogP contribution in [0, 0.1) is 0 Å². The van der Waals surface area contributed by atoms with Gasteiger partial charge in [0, 0.05) is 18.7 Å². The van der Waals surface area contributed by atoms with E-state index in [9.17, 15) is 5.11 Å². The number of aromatic nitrogens is 2. The van der Waals surface area contributed by atoms with E-state index in [4.69, 9.17) is 5.73 Å². The number of piperidine rings is 1. The van der Waals surface area contributed by atoms with Crippen LogP contribution >= 0.6 is 0 Å². The van der Waals surface area contributed by atoms with E-state index in [1.807, 2.05) is 6.92 Å². The molecule has 0 radical (unpaired) electrons. The minimum atomic E-state index is -0.549. The summed E-state index contributed by atoms with van der Waals surface area (Å²) in [4.78, 5) is 10.7. The highest BCUT2D eigenvalue weighted by molar-refractivity contribution is 5.58. The fourth-order valence-electron chi connectivity index (χ4n) is 2.41. The van der Waals surface area contributed by atoms with E-state index >= 15 is 0 Å². The quantitative estimate of drug-likeness (QED) is 0.832. The van der Waals surface area contributed by atoms with Crippen LogP contribution < -0.4 is 10.6 Å². The Kier molecular flexibility index (Phi) is 3.43. The van der Waals surface area contributed by atoms with E-state index in [2.05, 4.69) is 28.7 Å². The Balaban J connectivity index is 2.27. The largest absolute Gasteiger partial charge is 0.390 e. The predicted molar refractivity (Wildman–Crippen MR) is 72.6 cm³/mol. The highest BCUT2D eigenvalue weighted by Gasteiger charge is 2.29. The Labute approximate surface area is 108 Å². The lowest BCUT2D eigenvalue weighted by molar-refractivity contribution is 0.0350. The van der Waals surface area contributed by atoms with Crippen LogP contribution in [-0.2, 0) is 0 Å². The van der Waals surface area contributed by atoms with Crippen molar-refractivity contribution in [2.45, 2.75) is 45.1 Å². The molecule has 5 heteroatoms.